The SMILES string of the molecule is O=C(c1cccnc1OCc1ccccc1)C(F)F. The third-order valence-corrected chi connectivity index (χ3v) is 2.45. The lowest BCUT2D eigenvalue weighted by molar-refractivity contribution is 0.0673. The Morgan fingerprint density at radius 1 is 1.16 bits per heavy atom. The van der Waals surface area contributed by atoms with E-state index in [9.17, 15) is 13.6 Å². The Morgan fingerprint density at radius 3 is 2.58 bits per heavy atom. The predicted octanol–water partition coefficient (Wildman–Crippen LogP) is 3.11. The van der Waals surface area contributed by atoms with Gasteiger partial charge >= 0.3 is 6.43 Å². The maximum absolute atomic E-state index is 12.4. The van der Waals surface area contributed by atoms with Crippen molar-refractivity contribution < 1.29 is 18.3 Å². The number of rotatable bonds is 5. The number of benzene rings is 1. The Bertz CT molecular complexity index is 558. The summed E-state index contributed by atoms with van der Waals surface area (Å²) in [6.07, 6.45) is -1.67. The van der Waals surface area contributed by atoms with Crippen LogP contribution in [0.25, 0.3) is 0 Å². The van der Waals surface area contributed by atoms with Gasteiger partial charge in [-0.25, -0.2) is 13.8 Å². The van der Waals surface area contributed by atoms with Crippen LogP contribution in [0.2, 0.25) is 0 Å². The molecule has 0 saturated heterocycles. The molecule has 1 aromatic heterocycles. The summed E-state index contributed by atoms with van der Waals surface area (Å²) in [5, 5.41) is 0. The van der Waals surface area contributed by atoms with Gasteiger partial charge in [0.2, 0.25) is 11.7 Å². The number of Topliss-reactive ketones (excluding diaryl/α,β-unsaturated/α-hetero) is 1. The molecule has 98 valence electrons. The average Bonchev–Trinajstić information content (AvgIpc) is 2.45. The summed E-state index contributed by atoms with van der Waals surface area (Å²) in [7, 11) is 0. The van der Waals surface area contributed by atoms with E-state index in [1.807, 2.05) is 30.3 Å². The first kappa shape index (κ1) is 13.1. The second-order valence-corrected chi connectivity index (χ2v) is 3.80. The molecule has 1 aromatic carbocycles. The van der Waals surface area contributed by atoms with E-state index < -0.39 is 12.2 Å². The number of halogens is 2. The van der Waals surface area contributed by atoms with Crippen LogP contribution in [-0.2, 0) is 6.61 Å². The number of pyridine rings is 1. The summed E-state index contributed by atoms with van der Waals surface area (Å²) in [5.74, 6) is -1.35. The maximum atomic E-state index is 12.4. The van der Waals surface area contributed by atoms with E-state index in [-0.39, 0.29) is 18.1 Å². The molecule has 1 heterocycles. The third-order valence-electron chi connectivity index (χ3n) is 2.45. The van der Waals surface area contributed by atoms with E-state index in [1.54, 1.807) is 0 Å². The Balaban J connectivity index is 2.14. The van der Waals surface area contributed by atoms with Gasteiger partial charge in [-0.2, -0.15) is 0 Å². The van der Waals surface area contributed by atoms with Gasteiger partial charge in [-0.3, -0.25) is 4.79 Å². The zero-order chi connectivity index (χ0) is 13.7. The molecule has 0 aliphatic heterocycles. The molecule has 3 nitrogen and oxygen atoms in total. The average molecular weight is 263 g/mol. The summed E-state index contributed by atoms with van der Waals surface area (Å²) in [4.78, 5) is 15.1. The monoisotopic (exact) mass is 263 g/mol. The molecular weight excluding hydrogens is 252 g/mol. The lowest BCUT2D eigenvalue weighted by atomic mass is 10.2. The van der Waals surface area contributed by atoms with Crippen molar-refractivity contribution in [1.29, 1.82) is 0 Å². The van der Waals surface area contributed by atoms with Crippen LogP contribution in [0, 0.1) is 0 Å². The van der Waals surface area contributed by atoms with Crippen LogP contribution >= 0.6 is 0 Å². The molecule has 5 heteroatoms. The molecule has 0 N–H and O–H groups in total. The maximum Gasteiger partial charge on any atom is 0.300 e. The molecule has 0 amide bonds. The van der Waals surface area contributed by atoms with Crippen LogP contribution in [0.15, 0.2) is 48.7 Å². The summed E-state index contributed by atoms with van der Waals surface area (Å²) in [6, 6.07) is 11.9. The number of ether oxygens (including phenoxy) is 1. The molecule has 0 fully saturated rings. The van der Waals surface area contributed by atoms with Gasteiger partial charge in [0.15, 0.2) is 0 Å². The first-order valence-electron chi connectivity index (χ1n) is 5.62. The quantitative estimate of drug-likeness (QED) is 0.778. The molecule has 0 aliphatic rings. The minimum Gasteiger partial charge on any atom is -0.472 e. The number of ketones is 1. The van der Waals surface area contributed by atoms with Crippen molar-refractivity contribution in [3.8, 4) is 5.88 Å². The second-order valence-electron chi connectivity index (χ2n) is 3.80. The highest BCUT2D eigenvalue weighted by molar-refractivity contribution is 6.00. The number of nitrogens with zero attached hydrogens (tertiary/aromatic N) is 1. The summed E-state index contributed by atoms with van der Waals surface area (Å²) < 4.78 is 30.2. The summed E-state index contributed by atoms with van der Waals surface area (Å²) in [6.45, 7) is 0.168. The molecule has 19 heavy (non-hydrogen) atoms. The van der Waals surface area contributed by atoms with Crippen LogP contribution in [0.4, 0.5) is 8.78 Å². The smallest absolute Gasteiger partial charge is 0.300 e. The van der Waals surface area contributed by atoms with Crippen molar-refractivity contribution in [1.82, 2.24) is 4.98 Å². The number of carbonyl (C=O) groups excluding carboxylic acids is 1. The molecule has 0 radical (unpaired) electrons. The minimum atomic E-state index is -3.07. The number of carbonyl (C=O) groups is 1. The van der Waals surface area contributed by atoms with E-state index in [2.05, 4.69) is 4.98 Å². The largest absolute Gasteiger partial charge is 0.472 e. The van der Waals surface area contributed by atoms with E-state index in [4.69, 9.17) is 4.74 Å². The zero-order valence-corrected chi connectivity index (χ0v) is 9.92. The van der Waals surface area contributed by atoms with E-state index >= 15 is 0 Å². The van der Waals surface area contributed by atoms with Crippen LogP contribution in [0.3, 0.4) is 0 Å². The van der Waals surface area contributed by atoms with Crippen molar-refractivity contribution >= 4 is 5.78 Å². The fraction of sp³-hybridized carbons (Fsp3) is 0.143. The van der Waals surface area contributed by atoms with Gasteiger partial charge in [0, 0.05) is 6.20 Å². The molecule has 0 bridgehead atoms. The van der Waals surface area contributed by atoms with Gasteiger partial charge in [0.25, 0.3) is 0 Å². The first-order chi connectivity index (χ1) is 9.18. The van der Waals surface area contributed by atoms with Gasteiger partial charge in [0.05, 0.1) is 5.56 Å². The van der Waals surface area contributed by atoms with Crippen molar-refractivity contribution in [2.75, 3.05) is 0 Å². The Hall–Kier alpha value is -2.30. The molecule has 0 spiro atoms. The zero-order valence-electron chi connectivity index (χ0n) is 9.92. The van der Waals surface area contributed by atoms with E-state index in [1.165, 1.54) is 18.3 Å². The van der Waals surface area contributed by atoms with Crippen molar-refractivity contribution in [3.63, 3.8) is 0 Å². The van der Waals surface area contributed by atoms with Crippen LogP contribution in [0.1, 0.15) is 15.9 Å². The van der Waals surface area contributed by atoms with E-state index in [0.29, 0.717) is 0 Å². The molecule has 0 unspecified atom stereocenters. The highest BCUT2D eigenvalue weighted by atomic mass is 19.3. The lowest BCUT2D eigenvalue weighted by Gasteiger charge is -2.09. The summed E-state index contributed by atoms with van der Waals surface area (Å²) >= 11 is 0. The molecule has 2 rings (SSSR count). The van der Waals surface area contributed by atoms with Gasteiger partial charge in [-0.15, -0.1) is 0 Å². The van der Waals surface area contributed by atoms with Gasteiger partial charge in [-0.05, 0) is 17.7 Å². The fourth-order valence-electron chi connectivity index (χ4n) is 1.54. The molecule has 2 aromatic rings. The van der Waals surface area contributed by atoms with Crippen molar-refractivity contribution in [3.05, 3.63) is 59.8 Å². The van der Waals surface area contributed by atoms with E-state index in [0.717, 1.165) is 5.56 Å². The highest BCUT2D eigenvalue weighted by Gasteiger charge is 2.22. The van der Waals surface area contributed by atoms with Gasteiger partial charge < -0.3 is 4.74 Å². The number of alkyl halides is 2. The Labute approximate surface area is 108 Å². The molecular formula is C14H11F2NO2. The van der Waals surface area contributed by atoms with Crippen LogP contribution < -0.4 is 4.74 Å². The summed E-state index contributed by atoms with van der Waals surface area (Å²) in [5.41, 5.74) is 0.664. The van der Waals surface area contributed by atoms with Gasteiger partial charge in [0.1, 0.15) is 6.61 Å². The fourth-order valence-corrected chi connectivity index (χ4v) is 1.54. The minimum absolute atomic E-state index is 0.0725. The molecule has 0 atom stereocenters. The van der Waals surface area contributed by atoms with Crippen molar-refractivity contribution in [2.45, 2.75) is 13.0 Å². The number of aromatic nitrogens is 1. The Morgan fingerprint density at radius 2 is 1.89 bits per heavy atom. The van der Waals surface area contributed by atoms with Gasteiger partial charge in [-0.1, -0.05) is 30.3 Å². The number of hydrogen-bond donors (Lipinski definition) is 0. The first-order valence-corrected chi connectivity index (χ1v) is 5.62. The second kappa shape index (κ2) is 6.04. The van der Waals surface area contributed by atoms with Crippen LogP contribution in [-0.4, -0.2) is 17.2 Å². The van der Waals surface area contributed by atoms with Crippen molar-refractivity contribution in [2.24, 2.45) is 0 Å². The highest BCUT2D eigenvalue weighted by Crippen LogP contribution is 2.19. The number of hydrogen-bond acceptors (Lipinski definition) is 3. The van der Waals surface area contributed by atoms with Crippen LogP contribution in [0.5, 0.6) is 5.88 Å². The predicted molar refractivity (Wildman–Crippen MR) is 65.3 cm³/mol. The lowest BCUT2D eigenvalue weighted by Crippen LogP contribution is -2.13. The molecule has 0 aliphatic carbocycles. The Kier molecular flexibility index (Phi) is 4.18. The third kappa shape index (κ3) is 3.34. The normalized spacial score (nSPS) is 10.5. The molecule has 0 saturated carbocycles. The topological polar surface area (TPSA) is 39.2 Å². The standard InChI is InChI=1S/C14H11F2NO2/c15-13(16)12(18)11-7-4-8-17-14(11)19-9-10-5-2-1-3-6-10/h1-8,13H,9H2.